The molecule has 4 heteroatoms. The molecule has 20 heavy (non-hydrogen) atoms. The van der Waals surface area contributed by atoms with Crippen molar-refractivity contribution in [2.75, 3.05) is 0 Å². The van der Waals surface area contributed by atoms with Crippen LogP contribution in [0, 0.1) is 0 Å². The van der Waals surface area contributed by atoms with E-state index >= 15 is 0 Å². The molecule has 1 atom stereocenters. The van der Waals surface area contributed by atoms with E-state index in [-0.39, 0.29) is 12.4 Å². The molecule has 0 aromatic carbocycles. The van der Waals surface area contributed by atoms with Crippen LogP contribution in [0.1, 0.15) is 71.6 Å². The summed E-state index contributed by atoms with van der Waals surface area (Å²) < 4.78 is 4.99. The Hall–Kier alpha value is -1.32. The van der Waals surface area contributed by atoms with E-state index in [1.807, 2.05) is 0 Å². The number of aliphatic carboxylic acids is 1. The van der Waals surface area contributed by atoms with Crippen molar-refractivity contribution >= 4 is 11.9 Å². The SMILES string of the molecule is CCCCCC/C=C\CCCC(=O)OC(C)CC(=O)O. The molecule has 4 nitrogen and oxygen atoms in total. The van der Waals surface area contributed by atoms with E-state index in [9.17, 15) is 9.59 Å². The van der Waals surface area contributed by atoms with Crippen molar-refractivity contribution in [3.63, 3.8) is 0 Å². The van der Waals surface area contributed by atoms with Crippen LogP contribution in [-0.4, -0.2) is 23.1 Å². The first kappa shape index (κ1) is 18.7. The normalized spacial score (nSPS) is 12.5. The van der Waals surface area contributed by atoms with Gasteiger partial charge >= 0.3 is 11.9 Å². The molecule has 1 unspecified atom stereocenters. The van der Waals surface area contributed by atoms with E-state index in [0.717, 1.165) is 19.3 Å². The van der Waals surface area contributed by atoms with Crippen LogP contribution in [0.25, 0.3) is 0 Å². The second-order valence-electron chi connectivity index (χ2n) is 5.11. The van der Waals surface area contributed by atoms with Gasteiger partial charge in [-0.1, -0.05) is 38.3 Å². The van der Waals surface area contributed by atoms with Crippen LogP contribution < -0.4 is 0 Å². The largest absolute Gasteiger partial charge is 0.481 e. The number of esters is 1. The Kier molecular flexibility index (Phi) is 11.9. The zero-order valence-corrected chi connectivity index (χ0v) is 12.8. The van der Waals surface area contributed by atoms with Gasteiger partial charge in [-0.3, -0.25) is 9.59 Å². The number of ether oxygens (including phenoxy) is 1. The summed E-state index contributed by atoms with van der Waals surface area (Å²) in [5, 5.41) is 8.55. The fourth-order valence-electron chi connectivity index (χ4n) is 1.86. The first-order valence-electron chi connectivity index (χ1n) is 7.62. The fourth-order valence-corrected chi connectivity index (χ4v) is 1.86. The highest BCUT2D eigenvalue weighted by molar-refractivity contribution is 5.71. The molecule has 0 saturated carbocycles. The van der Waals surface area contributed by atoms with Gasteiger partial charge in [0.15, 0.2) is 0 Å². The van der Waals surface area contributed by atoms with E-state index in [2.05, 4.69) is 19.1 Å². The van der Waals surface area contributed by atoms with Gasteiger partial charge in [0.25, 0.3) is 0 Å². The maximum Gasteiger partial charge on any atom is 0.307 e. The number of carboxylic acid groups (broad SMARTS) is 1. The Labute approximate surface area is 122 Å². The summed E-state index contributed by atoms with van der Waals surface area (Å²) in [5.41, 5.74) is 0. The monoisotopic (exact) mass is 284 g/mol. The van der Waals surface area contributed by atoms with Crippen LogP contribution in [0.15, 0.2) is 12.2 Å². The summed E-state index contributed by atoms with van der Waals surface area (Å²) in [6.45, 7) is 3.80. The Bertz CT molecular complexity index is 297. The lowest BCUT2D eigenvalue weighted by Gasteiger charge is -2.10. The summed E-state index contributed by atoms with van der Waals surface area (Å²) >= 11 is 0. The number of allylic oxidation sites excluding steroid dienone is 2. The molecule has 0 aromatic rings. The van der Waals surface area contributed by atoms with Gasteiger partial charge in [0, 0.05) is 6.42 Å². The summed E-state index contributed by atoms with van der Waals surface area (Å²) in [6, 6.07) is 0. The Morgan fingerprint density at radius 2 is 1.75 bits per heavy atom. The van der Waals surface area contributed by atoms with Gasteiger partial charge in [0.2, 0.25) is 0 Å². The van der Waals surface area contributed by atoms with Crippen molar-refractivity contribution in [3.05, 3.63) is 12.2 Å². The lowest BCUT2D eigenvalue weighted by molar-refractivity contribution is -0.151. The van der Waals surface area contributed by atoms with Gasteiger partial charge in [-0.15, -0.1) is 0 Å². The van der Waals surface area contributed by atoms with Crippen molar-refractivity contribution in [1.82, 2.24) is 0 Å². The lowest BCUT2D eigenvalue weighted by Crippen LogP contribution is -2.18. The topological polar surface area (TPSA) is 63.6 Å². The van der Waals surface area contributed by atoms with Crippen molar-refractivity contribution in [3.8, 4) is 0 Å². The van der Waals surface area contributed by atoms with Gasteiger partial charge in [0.05, 0.1) is 6.42 Å². The van der Waals surface area contributed by atoms with Gasteiger partial charge in [0.1, 0.15) is 6.10 Å². The number of carbonyl (C=O) groups excluding carboxylic acids is 1. The van der Waals surface area contributed by atoms with E-state index < -0.39 is 12.1 Å². The number of rotatable bonds is 12. The van der Waals surface area contributed by atoms with Crippen molar-refractivity contribution in [2.45, 2.75) is 77.7 Å². The molecular formula is C16H28O4. The maximum atomic E-state index is 11.4. The number of carbonyl (C=O) groups is 2. The van der Waals surface area contributed by atoms with Crippen LogP contribution in [0.5, 0.6) is 0 Å². The summed E-state index contributed by atoms with van der Waals surface area (Å²) in [4.78, 5) is 21.8. The Balaban J connectivity index is 3.47. The summed E-state index contributed by atoms with van der Waals surface area (Å²) in [7, 11) is 0. The molecule has 0 aliphatic carbocycles. The molecule has 0 radical (unpaired) electrons. The van der Waals surface area contributed by atoms with Crippen LogP contribution in [-0.2, 0) is 14.3 Å². The number of unbranched alkanes of at least 4 members (excludes halogenated alkanes) is 5. The molecule has 0 aromatic heterocycles. The first-order chi connectivity index (χ1) is 9.56. The molecule has 0 spiro atoms. The van der Waals surface area contributed by atoms with E-state index in [1.165, 1.54) is 25.7 Å². The molecule has 0 bridgehead atoms. The average molecular weight is 284 g/mol. The van der Waals surface area contributed by atoms with Gasteiger partial charge in [-0.05, 0) is 32.6 Å². The second-order valence-corrected chi connectivity index (χ2v) is 5.11. The molecule has 0 amide bonds. The zero-order chi connectivity index (χ0) is 15.2. The average Bonchev–Trinajstić information content (AvgIpc) is 2.35. The first-order valence-corrected chi connectivity index (χ1v) is 7.62. The Morgan fingerprint density at radius 3 is 2.35 bits per heavy atom. The minimum Gasteiger partial charge on any atom is -0.481 e. The van der Waals surface area contributed by atoms with Crippen molar-refractivity contribution in [1.29, 1.82) is 0 Å². The molecule has 0 fully saturated rings. The molecule has 0 aliphatic heterocycles. The Morgan fingerprint density at radius 1 is 1.10 bits per heavy atom. The molecular weight excluding hydrogens is 256 g/mol. The lowest BCUT2D eigenvalue weighted by atomic mass is 10.1. The van der Waals surface area contributed by atoms with Crippen molar-refractivity contribution in [2.24, 2.45) is 0 Å². The highest BCUT2D eigenvalue weighted by atomic mass is 16.5. The van der Waals surface area contributed by atoms with E-state index in [4.69, 9.17) is 9.84 Å². The summed E-state index contributed by atoms with van der Waals surface area (Å²) in [6.07, 6.45) is 11.8. The molecule has 1 N–H and O–H groups in total. The van der Waals surface area contributed by atoms with Gasteiger partial charge in [-0.2, -0.15) is 0 Å². The number of carboxylic acids is 1. The third kappa shape index (κ3) is 13.1. The highest BCUT2D eigenvalue weighted by Gasteiger charge is 2.12. The predicted octanol–water partition coefficient (Wildman–Crippen LogP) is 4.09. The molecule has 0 aliphatic rings. The molecule has 0 rings (SSSR count). The number of hydrogen-bond acceptors (Lipinski definition) is 3. The quantitative estimate of drug-likeness (QED) is 0.333. The molecule has 0 heterocycles. The summed E-state index contributed by atoms with van der Waals surface area (Å²) in [5.74, 6) is -1.26. The smallest absolute Gasteiger partial charge is 0.307 e. The standard InChI is InChI=1S/C16H28O4/c1-3-4-5-6-7-8-9-10-11-12-16(19)20-14(2)13-15(17)18/h8-9,14H,3-7,10-13H2,1-2H3,(H,17,18)/b9-8-. The van der Waals surface area contributed by atoms with E-state index in [1.54, 1.807) is 6.92 Å². The molecule has 116 valence electrons. The van der Waals surface area contributed by atoms with Gasteiger partial charge in [-0.25, -0.2) is 0 Å². The fraction of sp³-hybridized carbons (Fsp3) is 0.750. The minimum absolute atomic E-state index is 0.136. The van der Waals surface area contributed by atoms with Gasteiger partial charge < -0.3 is 9.84 Å². The highest BCUT2D eigenvalue weighted by Crippen LogP contribution is 2.06. The maximum absolute atomic E-state index is 11.4. The zero-order valence-electron chi connectivity index (χ0n) is 12.8. The van der Waals surface area contributed by atoms with Crippen LogP contribution in [0.2, 0.25) is 0 Å². The van der Waals surface area contributed by atoms with Crippen LogP contribution in [0.4, 0.5) is 0 Å². The predicted molar refractivity (Wildman–Crippen MR) is 79.6 cm³/mol. The number of hydrogen-bond donors (Lipinski definition) is 1. The van der Waals surface area contributed by atoms with Crippen LogP contribution >= 0.6 is 0 Å². The minimum atomic E-state index is -0.948. The van der Waals surface area contributed by atoms with E-state index in [0.29, 0.717) is 6.42 Å². The third-order valence-electron chi connectivity index (χ3n) is 2.94. The van der Waals surface area contributed by atoms with Crippen molar-refractivity contribution < 1.29 is 19.4 Å². The van der Waals surface area contributed by atoms with Crippen LogP contribution in [0.3, 0.4) is 0 Å². The third-order valence-corrected chi connectivity index (χ3v) is 2.94. The second kappa shape index (κ2) is 12.7. The molecule has 0 saturated heterocycles.